The van der Waals surface area contributed by atoms with Crippen LogP contribution < -0.4 is 5.32 Å². The van der Waals surface area contributed by atoms with E-state index in [4.69, 9.17) is 0 Å². The molecule has 0 aromatic carbocycles. The molecule has 1 aromatic rings. The third-order valence-electron chi connectivity index (χ3n) is 5.22. The zero-order chi connectivity index (χ0) is 17.2. The van der Waals surface area contributed by atoms with Crippen molar-refractivity contribution in [2.75, 3.05) is 16.8 Å². The second-order valence-corrected chi connectivity index (χ2v) is 9.52. The lowest BCUT2D eigenvalue weighted by Crippen LogP contribution is -2.28. The number of anilines is 1. The van der Waals surface area contributed by atoms with E-state index in [9.17, 15) is 13.2 Å². The van der Waals surface area contributed by atoms with Gasteiger partial charge in [0.25, 0.3) is 0 Å². The van der Waals surface area contributed by atoms with Gasteiger partial charge in [0, 0.05) is 25.5 Å². The summed E-state index contributed by atoms with van der Waals surface area (Å²) >= 11 is 0. The van der Waals surface area contributed by atoms with Crippen LogP contribution in [-0.2, 0) is 21.7 Å². The molecule has 1 atom stereocenters. The maximum Gasteiger partial charge on any atom is 0.225 e. The van der Waals surface area contributed by atoms with Crippen LogP contribution in [0.2, 0.25) is 0 Å². The topological polar surface area (TPSA) is 81.1 Å². The van der Waals surface area contributed by atoms with Crippen molar-refractivity contribution in [2.45, 2.75) is 57.3 Å². The van der Waals surface area contributed by atoms with Crippen LogP contribution in [0.25, 0.3) is 0 Å². The highest BCUT2D eigenvalue weighted by Crippen LogP contribution is 2.33. The summed E-state index contributed by atoms with van der Waals surface area (Å²) in [7, 11) is -1.13. The number of sulfone groups is 1. The number of hydrogen-bond donors (Lipinski definition) is 1. The van der Waals surface area contributed by atoms with Gasteiger partial charge in [0.15, 0.2) is 9.84 Å². The summed E-state index contributed by atoms with van der Waals surface area (Å²) in [5.74, 6) is 1.43. The molecule has 0 bridgehead atoms. The predicted molar refractivity (Wildman–Crippen MR) is 93.7 cm³/mol. The Bertz CT molecular complexity index is 690. The molecule has 6 nitrogen and oxygen atoms in total. The first-order valence-corrected chi connectivity index (χ1v) is 10.8. The average Bonchev–Trinajstić information content (AvgIpc) is 2.88. The van der Waals surface area contributed by atoms with Gasteiger partial charge < -0.3 is 5.32 Å². The number of amides is 1. The number of rotatable bonds is 4. The SMILES string of the molecule is Cn1nc(C2CCCCC2)cc1NC(=O)CC1CCCS(=O)(=O)C1. The Morgan fingerprint density at radius 2 is 2.00 bits per heavy atom. The maximum absolute atomic E-state index is 12.3. The Labute approximate surface area is 143 Å². The van der Waals surface area contributed by atoms with E-state index in [-0.39, 0.29) is 29.8 Å². The lowest BCUT2D eigenvalue weighted by molar-refractivity contribution is -0.117. The van der Waals surface area contributed by atoms with Crippen molar-refractivity contribution < 1.29 is 13.2 Å². The normalized spacial score (nSPS) is 24.6. The van der Waals surface area contributed by atoms with Crippen LogP contribution in [-0.4, -0.2) is 35.6 Å². The molecule has 2 aliphatic rings. The Morgan fingerprint density at radius 3 is 2.71 bits per heavy atom. The summed E-state index contributed by atoms with van der Waals surface area (Å²) in [6.07, 6.45) is 7.89. The minimum absolute atomic E-state index is 0.0604. The van der Waals surface area contributed by atoms with E-state index in [1.165, 1.54) is 32.1 Å². The molecular formula is C17H27N3O3S. The molecule has 1 N–H and O–H groups in total. The summed E-state index contributed by atoms with van der Waals surface area (Å²) < 4.78 is 25.1. The van der Waals surface area contributed by atoms with Crippen molar-refractivity contribution in [3.05, 3.63) is 11.8 Å². The van der Waals surface area contributed by atoms with E-state index < -0.39 is 9.84 Å². The fourth-order valence-corrected chi connectivity index (χ4v) is 5.71. The molecule has 2 fully saturated rings. The minimum Gasteiger partial charge on any atom is -0.311 e. The number of aromatic nitrogens is 2. The van der Waals surface area contributed by atoms with Crippen molar-refractivity contribution in [3.63, 3.8) is 0 Å². The molecule has 0 spiro atoms. The quantitative estimate of drug-likeness (QED) is 0.902. The van der Waals surface area contributed by atoms with Crippen LogP contribution in [0.4, 0.5) is 5.82 Å². The van der Waals surface area contributed by atoms with Gasteiger partial charge in [-0.25, -0.2) is 8.42 Å². The Balaban J connectivity index is 1.59. The number of carbonyl (C=O) groups excluding carboxylic acids is 1. The summed E-state index contributed by atoms with van der Waals surface area (Å²) in [5, 5.41) is 7.47. The van der Waals surface area contributed by atoms with Gasteiger partial charge in [-0.2, -0.15) is 5.10 Å². The summed E-state index contributed by atoms with van der Waals surface area (Å²) in [4.78, 5) is 12.3. The van der Waals surface area contributed by atoms with Crippen molar-refractivity contribution in [1.82, 2.24) is 9.78 Å². The Morgan fingerprint density at radius 1 is 1.25 bits per heavy atom. The maximum atomic E-state index is 12.3. The van der Waals surface area contributed by atoms with Crippen molar-refractivity contribution in [2.24, 2.45) is 13.0 Å². The second-order valence-electron chi connectivity index (χ2n) is 7.29. The van der Waals surface area contributed by atoms with E-state index in [0.717, 1.165) is 12.1 Å². The fraction of sp³-hybridized carbons (Fsp3) is 0.765. The number of carbonyl (C=O) groups is 1. The zero-order valence-electron chi connectivity index (χ0n) is 14.3. The molecule has 1 aliphatic heterocycles. The molecule has 7 heteroatoms. The molecule has 2 heterocycles. The van der Waals surface area contributed by atoms with E-state index in [0.29, 0.717) is 18.2 Å². The lowest BCUT2D eigenvalue weighted by Gasteiger charge is -2.21. The first-order valence-electron chi connectivity index (χ1n) is 8.97. The van der Waals surface area contributed by atoms with Crippen molar-refractivity contribution in [1.29, 1.82) is 0 Å². The molecule has 1 aliphatic carbocycles. The van der Waals surface area contributed by atoms with E-state index in [2.05, 4.69) is 10.4 Å². The monoisotopic (exact) mass is 353 g/mol. The molecule has 3 rings (SSSR count). The van der Waals surface area contributed by atoms with Gasteiger partial charge in [-0.05, 0) is 31.6 Å². The molecule has 0 radical (unpaired) electrons. The van der Waals surface area contributed by atoms with Gasteiger partial charge in [0.05, 0.1) is 17.2 Å². The molecule has 1 amide bonds. The van der Waals surface area contributed by atoms with E-state index in [1.54, 1.807) is 4.68 Å². The number of nitrogens with one attached hydrogen (secondary N) is 1. The number of hydrogen-bond acceptors (Lipinski definition) is 4. The fourth-order valence-electron chi connectivity index (χ4n) is 3.94. The zero-order valence-corrected chi connectivity index (χ0v) is 15.1. The molecule has 1 saturated heterocycles. The summed E-state index contributed by atoms with van der Waals surface area (Å²) in [6.45, 7) is 0. The van der Waals surface area contributed by atoms with Crippen LogP contribution in [0.1, 0.15) is 63.0 Å². The standard InChI is InChI=1S/C17H27N3O3S/c1-20-16(11-15(19-20)14-7-3-2-4-8-14)18-17(21)10-13-6-5-9-24(22,23)12-13/h11,13-14H,2-10,12H2,1H3,(H,18,21). The van der Waals surface area contributed by atoms with E-state index >= 15 is 0 Å². The third-order valence-corrected chi connectivity index (χ3v) is 7.11. The van der Waals surface area contributed by atoms with Gasteiger partial charge in [-0.3, -0.25) is 9.48 Å². The number of aryl methyl sites for hydroxylation is 1. The average molecular weight is 353 g/mol. The van der Waals surface area contributed by atoms with Gasteiger partial charge in [-0.15, -0.1) is 0 Å². The highest BCUT2D eigenvalue weighted by molar-refractivity contribution is 7.91. The van der Waals surface area contributed by atoms with Crippen LogP contribution in [0, 0.1) is 5.92 Å². The highest BCUT2D eigenvalue weighted by Gasteiger charge is 2.27. The molecular weight excluding hydrogens is 326 g/mol. The molecule has 1 unspecified atom stereocenters. The number of nitrogens with zero attached hydrogens (tertiary/aromatic N) is 2. The van der Waals surface area contributed by atoms with Crippen molar-refractivity contribution in [3.8, 4) is 0 Å². The highest BCUT2D eigenvalue weighted by atomic mass is 32.2. The smallest absolute Gasteiger partial charge is 0.225 e. The van der Waals surface area contributed by atoms with Crippen molar-refractivity contribution >= 4 is 21.6 Å². The Kier molecular flexibility index (Phi) is 5.27. The minimum atomic E-state index is -2.97. The molecule has 1 saturated carbocycles. The van der Waals surface area contributed by atoms with E-state index in [1.807, 2.05) is 13.1 Å². The van der Waals surface area contributed by atoms with Gasteiger partial charge >= 0.3 is 0 Å². The first-order chi connectivity index (χ1) is 11.4. The third kappa shape index (κ3) is 4.37. The first kappa shape index (κ1) is 17.5. The van der Waals surface area contributed by atoms with Crippen LogP contribution in [0.3, 0.4) is 0 Å². The van der Waals surface area contributed by atoms with Crippen LogP contribution in [0.5, 0.6) is 0 Å². The predicted octanol–water partition coefficient (Wildman–Crippen LogP) is 2.62. The second kappa shape index (κ2) is 7.25. The summed E-state index contributed by atoms with van der Waals surface area (Å²) in [6, 6.07) is 1.98. The molecule has 24 heavy (non-hydrogen) atoms. The van der Waals surface area contributed by atoms with Crippen LogP contribution >= 0.6 is 0 Å². The van der Waals surface area contributed by atoms with Gasteiger partial charge in [0.2, 0.25) is 5.91 Å². The van der Waals surface area contributed by atoms with Gasteiger partial charge in [0.1, 0.15) is 5.82 Å². The lowest BCUT2D eigenvalue weighted by atomic mass is 9.87. The largest absolute Gasteiger partial charge is 0.311 e. The van der Waals surface area contributed by atoms with Gasteiger partial charge in [-0.1, -0.05) is 19.3 Å². The molecule has 134 valence electrons. The van der Waals surface area contributed by atoms with Crippen LogP contribution in [0.15, 0.2) is 6.07 Å². The summed E-state index contributed by atoms with van der Waals surface area (Å²) in [5.41, 5.74) is 1.06. The Hall–Kier alpha value is -1.37. The molecule has 1 aromatic heterocycles.